The second-order valence-electron chi connectivity index (χ2n) is 9.73. The quantitative estimate of drug-likeness (QED) is 0.255. The average Bonchev–Trinajstić information content (AvgIpc) is 3.41. The van der Waals surface area contributed by atoms with E-state index in [1.165, 1.54) is 15.8 Å². The molecule has 41 heavy (non-hydrogen) atoms. The maximum absolute atomic E-state index is 13.0. The van der Waals surface area contributed by atoms with E-state index >= 15 is 0 Å². The van der Waals surface area contributed by atoms with Crippen LogP contribution in [0.1, 0.15) is 33.5 Å². The minimum absolute atomic E-state index is 0.0857. The fourth-order valence-electron chi connectivity index (χ4n) is 4.84. The third-order valence-corrected chi connectivity index (χ3v) is 6.99. The predicted octanol–water partition coefficient (Wildman–Crippen LogP) is 4.68. The van der Waals surface area contributed by atoms with Crippen molar-refractivity contribution < 1.29 is 14.3 Å². The molecule has 206 valence electrons. The molecule has 1 aliphatic rings. The maximum Gasteiger partial charge on any atom is 0.261 e. The lowest BCUT2D eigenvalue weighted by Gasteiger charge is -2.19. The monoisotopic (exact) mass is 547 g/mol. The number of carbonyl (C=O) groups is 1. The van der Waals surface area contributed by atoms with Gasteiger partial charge in [-0.15, -0.1) is 5.10 Å². The molecular weight excluding hydrogens is 518 g/mol. The number of nitrogens with zero attached hydrogens (tertiary/aromatic N) is 5. The maximum atomic E-state index is 13.0. The second kappa shape index (κ2) is 11.5. The van der Waals surface area contributed by atoms with Gasteiger partial charge in [0.05, 0.1) is 19.4 Å². The number of benzene rings is 2. The number of hydrogen-bond donors (Lipinski definition) is 2. The Morgan fingerprint density at radius 3 is 2.68 bits per heavy atom. The fraction of sp³-hybridized carbons (Fsp3) is 0.194. The van der Waals surface area contributed by atoms with Crippen molar-refractivity contribution in [1.29, 1.82) is 0 Å². The van der Waals surface area contributed by atoms with Crippen LogP contribution in [0.4, 0.5) is 11.5 Å². The van der Waals surface area contributed by atoms with E-state index in [2.05, 4.69) is 26.4 Å². The van der Waals surface area contributed by atoms with Crippen LogP contribution in [-0.4, -0.2) is 44.4 Å². The van der Waals surface area contributed by atoms with E-state index in [1.807, 2.05) is 48.8 Å². The van der Waals surface area contributed by atoms with Gasteiger partial charge in [0.1, 0.15) is 17.1 Å². The van der Waals surface area contributed by atoms with Gasteiger partial charge < -0.3 is 20.5 Å². The van der Waals surface area contributed by atoms with E-state index in [4.69, 9.17) is 20.2 Å². The van der Waals surface area contributed by atoms with Crippen LogP contribution in [0.25, 0.3) is 17.2 Å². The van der Waals surface area contributed by atoms with Gasteiger partial charge in [-0.1, -0.05) is 6.07 Å². The molecule has 0 radical (unpaired) electrons. The number of nitrogen functional groups attached to an aromatic ring is 1. The van der Waals surface area contributed by atoms with Gasteiger partial charge in [-0.25, -0.2) is 14.6 Å². The van der Waals surface area contributed by atoms with Crippen LogP contribution >= 0.6 is 0 Å². The number of methoxy groups -OCH3 is 1. The molecule has 3 N–H and O–H groups in total. The van der Waals surface area contributed by atoms with E-state index in [0.717, 1.165) is 54.0 Å². The molecule has 6 rings (SSSR count). The zero-order valence-electron chi connectivity index (χ0n) is 22.6. The summed E-state index contributed by atoms with van der Waals surface area (Å²) in [6.45, 7) is 0.584. The summed E-state index contributed by atoms with van der Waals surface area (Å²) < 4.78 is 12.6. The largest absolute Gasteiger partial charge is 0.497 e. The number of fused-ring (bicyclic) bond motifs is 3. The van der Waals surface area contributed by atoms with Crippen molar-refractivity contribution in [2.75, 3.05) is 24.8 Å². The Balaban J connectivity index is 1.11. The first-order chi connectivity index (χ1) is 20.1. The van der Waals surface area contributed by atoms with Crippen molar-refractivity contribution in [3.63, 3.8) is 0 Å². The number of hydrogen-bond acceptors (Lipinski definition) is 8. The Hall–Kier alpha value is -5.25. The number of pyridine rings is 1. The highest BCUT2D eigenvalue weighted by Crippen LogP contribution is 2.34. The van der Waals surface area contributed by atoms with E-state index in [-0.39, 0.29) is 17.3 Å². The molecule has 0 fully saturated rings. The van der Waals surface area contributed by atoms with Crippen molar-refractivity contribution in [3.05, 3.63) is 102 Å². The number of rotatable bonds is 9. The van der Waals surface area contributed by atoms with Gasteiger partial charge in [0.15, 0.2) is 5.82 Å². The summed E-state index contributed by atoms with van der Waals surface area (Å²) in [6.07, 6.45) is 10.5. The minimum atomic E-state index is -0.380. The average molecular weight is 548 g/mol. The highest BCUT2D eigenvalue weighted by molar-refractivity contribution is 6.07. The molecule has 1 amide bonds. The number of anilines is 2. The number of amides is 1. The molecule has 10 nitrogen and oxygen atoms in total. The Labute approximate surface area is 237 Å². The molecule has 0 aliphatic heterocycles. The Kier molecular flexibility index (Phi) is 7.27. The first-order valence-electron chi connectivity index (χ1n) is 13.4. The third kappa shape index (κ3) is 5.72. The van der Waals surface area contributed by atoms with E-state index in [0.29, 0.717) is 18.2 Å². The van der Waals surface area contributed by atoms with Gasteiger partial charge in [0, 0.05) is 36.0 Å². The normalized spacial score (nSPS) is 11.8. The predicted molar refractivity (Wildman–Crippen MR) is 155 cm³/mol. The van der Waals surface area contributed by atoms with Crippen LogP contribution in [0.5, 0.6) is 11.5 Å². The molecule has 0 unspecified atom stereocenters. The first kappa shape index (κ1) is 26.0. The molecule has 0 saturated carbocycles. The Morgan fingerprint density at radius 2 is 1.88 bits per heavy atom. The molecule has 3 heterocycles. The topological polar surface area (TPSA) is 130 Å². The van der Waals surface area contributed by atoms with Crippen LogP contribution in [0.2, 0.25) is 0 Å². The zero-order chi connectivity index (χ0) is 28.2. The number of nitrogens with two attached hydrogens (primary N) is 1. The van der Waals surface area contributed by atoms with Crippen molar-refractivity contribution in [1.82, 2.24) is 24.7 Å². The van der Waals surface area contributed by atoms with Gasteiger partial charge in [-0.3, -0.25) is 9.78 Å². The lowest BCUT2D eigenvalue weighted by molar-refractivity contribution is 0.102. The second-order valence-corrected chi connectivity index (χ2v) is 9.73. The van der Waals surface area contributed by atoms with E-state index in [9.17, 15) is 4.79 Å². The number of ether oxygens (including phenoxy) is 2. The summed E-state index contributed by atoms with van der Waals surface area (Å²) in [6, 6.07) is 17.2. The molecule has 0 bridgehead atoms. The summed E-state index contributed by atoms with van der Waals surface area (Å²) in [5.41, 5.74) is 12.3. The smallest absolute Gasteiger partial charge is 0.261 e. The highest BCUT2D eigenvalue weighted by atomic mass is 16.5. The van der Waals surface area contributed by atoms with Crippen molar-refractivity contribution in [3.8, 4) is 28.7 Å². The van der Waals surface area contributed by atoms with E-state index < -0.39 is 0 Å². The molecule has 0 spiro atoms. The summed E-state index contributed by atoms with van der Waals surface area (Å²) in [7, 11) is 1.66. The molecule has 0 atom stereocenters. The van der Waals surface area contributed by atoms with Crippen LogP contribution < -0.4 is 20.5 Å². The lowest BCUT2D eigenvalue weighted by atomic mass is 9.90. The zero-order valence-corrected chi connectivity index (χ0v) is 22.6. The first-order valence-corrected chi connectivity index (χ1v) is 13.4. The van der Waals surface area contributed by atoms with Crippen molar-refractivity contribution in [2.45, 2.75) is 25.7 Å². The van der Waals surface area contributed by atoms with Gasteiger partial charge >= 0.3 is 0 Å². The summed E-state index contributed by atoms with van der Waals surface area (Å²) in [4.78, 5) is 26.4. The molecule has 0 saturated heterocycles. The standard InChI is InChI=1S/C31H29N7O3/c1-40-25-12-13-26-21(16-25)6-7-22-18-34-31(36-28(22)26)38-19-27(29(32)37-38)30(39)35-23-8-10-24(11-9-23)41-15-3-5-20-4-2-14-33-17-20/h2,4,8-14,16-19H,3,5-7,15H2,1H3,(H2,32,37)(H,35,39). The van der Waals surface area contributed by atoms with Gasteiger partial charge in [0.2, 0.25) is 0 Å². The van der Waals surface area contributed by atoms with Gasteiger partial charge in [0.25, 0.3) is 11.9 Å². The number of nitrogens with one attached hydrogen (secondary N) is 1. The van der Waals surface area contributed by atoms with E-state index in [1.54, 1.807) is 31.6 Å². The summed E-state index contributed by atoms with van der Waals surface area (Å²) in [5.74, 6) is 1.59. The summed E-state index contributed by atoms with van der Waals surface area (Å²) in [5, 5.41) is 7.18. The molecule has 3 aromatic heterocycles. The number of aromatic nitrogens is 5. The fourth-order valence-corrected chi connectivity index (χ4v) is 4.84. The number of carbonyl (C=O) groups excluding carboxylic acids is 1. The van der Waals surface area contributed by atoms with Crippen LogP contribution in [-0.2, 0) is 19.3 Å². The van der Waals surface area contributed by atoms with Gasteiger partial charge in [-0.2, -0.15) is 0 Å². The van der Waals surface area contributed by atoms with Crippen LogP contribution in [0, 0.1) is 0 Å². The van der Waals surface area contributed by atoms with Crippen LogP contribution in [0.15, 0.2) is 79.4 Å². The minimum Gasteiger partial charge on any atom is -0.497 e. The SMILES string of the molecule is COc1ccc2c(c1)CCc1cnc(-n3cc(C(=O)Nc4ccc(OCCCc5cccnc5)cc4)c(N)n3)nc1-2. The molecule has 5 aromatic rings. The number of aryl methyl sites for hydroxylation is 3. The molecule has 10 heteroatoms. The van der Waals surface area contributed by atoms with Crippen molar-refractivity contribution in [2.24, 2.45) is 0 Å². The third-order valence-electron chi connectivity index (χ3n) is 6.99. The lowest BCUT2D eigenvalue weighted by Crippen LogP contribution is -2.13. The van der Waals surface area contributed by atoms with Gasteiger partial charge in [-0.05, 0) is 90.9 Å². The van der Waals surface area contributed by atoms with Crippen LogP contribution in [0.3, 0.4) is 0 Å². The van der Waals surface area contributed by atoms with Crippen molar-refractivity contribution >= 4 is 17.4 Å². The Morgan fingerprint density at radius 1 is 1.05 bits per heavy atom. The molecule has 2 aromatic carbocycles. The Bertz CT molecular complexity index is 1680. The molecule has 1 aliphatic carbocycles. The molecular formula is C31H29N7O3. The highest BCUT2D eigenvalue weighted by Gasteiger charge is 2.21. The summed E-state index contributed by atoms with van der Waals surface area (Å²) >= 11 is 0.